The van der Waals surface area contributed by atoms with Crippen LogP contribution in [0.4, 0.5) is 0 Å². The van der Waals surface area contributed by atoms with E-state index in [-0.39, 0.29) is 12.5 Å². The van der Waals surface area contributed by atoms with E-state index in [0.717, 1.165) is 31.6 Å². The summed E-state index contributed by atoms with van der Waals surface area (Å²) in [4.78, 5) is 14.1. The summed E-state index contributed by atoms with van der Waals surface area (Å²) in [7, 11) is 3.80. The van der Waals surface area contributed by atoms with Crippen LogP contribution >= 0.6 is 0 Å². The number of aryl methyl sites for hydroxylation is 2. The molecule has 0 radical (unpaired) electrons. The van der Waals surface area contributed by atoms with Crippen molar-refractivity contribution in [2.45, 2.75) is 25.4 Å². The third kappa shape index (κ3) is 3.79. The number of carbonyl (C=O) groups is 1. The number of carbonyl (C=O) groups excluding carboxylic acids is 1. The summed E-state index contributed by atoms with van der Waals surface area (Å²) in [6.07, 6.45) is 7.69. The maximum Gasteiger partial charge on any atom is 0.248 e. The number of hydrogen-bond donors (Lipinski definition) is 0. The lowest BCUT2D eigenvalue weighted by atomic mass is 9.91. The van der Waals surface area contributed by atoms with E-state index in [4.69, 9.17) is 4.74 Å². The molecule has 1 fully saturated rings. The molecule has 0 atom stereocenters. The average Bonchev–Trinajstić information content (AvgIpc) is 3.16. The highest BCUT2D eigenvalue weighted by atomic mass is 16.5. The topological polar surface area (TPSA) is 65.2 Å². The highest BCUT2D eigenvalue weighted by Gasteiger charge is 2.24. The molecule has 0 N–H and O–H groups in total. The number of nitrogens with zero attached hydrogens (tertiary/aromatic N) is 5. The van der Waals surface area contributed by atoms with E-state index in [0.29, 0.717) is 12.5 Å². The zero-order valence-electron chi connectivity index (χ0n) is 13.7. The minimum absolute atomic E-state index is 0.0665. The maximum atomic E-state index is 12.2. The summed E-state index contributed by atoms with van der Waals surface area (Å²) >= 11 is 0. The fraction of sp³-hybridized carbons (Fsp3) is 0.562. The van der Waals surface area contributed by atoms with Gasteiger partial charge in [-0.15, -0.1) is 0 Å². The maximum absolute atomic E-state index is 12.2. The molecule has 0 spiro atoms. The zero-order chi connectivity index (χ0) is 16.2. The van der Waals surface area contributed by atoms with Crippen LogP contribution in [-0.4, -0.2) is 50.1 Å². The predicted molar refractivity (Wildman–Crippen MR) is 84.6 cm³/mol. The first-order valence-corrected chi connectivity index (χ1v) is 7.94. The fourth-order valence-corrected chi connectivity index (χ4v) is 2.99. The van der Waals surface area contributed by atoms with Crippen LogP contribution in [0.15, 0.2) is 24.7 Å². The van der Waals surface area contributed by atoms with Crippen LogP contribution in [0, 0.1) is 0 Å². The Morgan fingerprint density at radius 3 is 2.70 bits per heavy atom. The van der Waals surface area contributed by atoms with E-state index < -0.39 is 0 Å². The van der Waals surface area contributed by atoms with E-state index in [2.05, 4.69) is 16.4 Å². The van der Waals surface area contributed by atoms with Crippen molar-refractivity contribution >= 4 is 5.91 Å². The Kier molecular flexibility index (Phi) is 4.76. The van der Waals surface area contributed by atoms with Gasteiger partial charge >= 0.3 is 0 Å². The molecular formula is C16H23N5O2. The molecule has 0 saturated carbocycles. The van der Waals surface area contributed by atoms with E-state index in [1.165, 1.54) is 5.56 Å². The van der Waals surface area contributed by atoms with Crippen molar-refractivity contribution in [2.75, 3.05) is 19.7 Å². The SMILES string of the molecule is Cn1cc(C2CCN(C(=O)COCc3ccnn3C)CC2)cn1. The van der Waals surface area contributed by atoms with Gasteiger partial charge in [0.1, 0.15) is 6.61 Å². The second-order valence-electron chi connectivity index (χ2n) is 6.04. The van der Waals surface area contributed by atoms with Gasteiger partial charge < -0.3 is 9.64 Å². The number of hydrogen-bond acceptors (Lipinski definition) is 4. The van der Waals surface area contributed by atoms with E-state index in [1.807, 2.05) is 35.9 Å². The number of piperidine rings is 1. The Balaban J connectivity index is 1.42. The summed E-state index contributed by atoms with van der Waals surface area (Å²) < 4.78 is 9.11. The molecule has 2 aromatic rings. The normalized spacial score (nSPS) is 16.0. The van der Waals surface area contributed by atoms with Crippen molar-refractivity contribution in [2.24, 2.45) is 14.1 Å². The van der Waals surface area contributed by atoms with Gasteiger partial charge in [-0.1, -0.05) is 0 Å². The fourth-order valence-electron chi connectivity index (χ4n) is 2.99. The smallest absolute Gasteiger partial charge is 0.248 e. The van der Waals surface area contributed by atoms with Crippen LogP contribution in [0.25, 0.3) is 0 Å². The molecule has 124 valence electrons. The molecule has 7 heteroatoms. The van der Waals surface area contributed by atoms with Gasteiger partial charge in [0.05, 0.1) is 18.5 Å². The molecule has 0 bridgehead atoms. The van der Waals surface area contributed by atoms with Gasteiger partial charge in [0.2, 0.25) is 5.91 Å². The third-order valence-corrected chi connectivity index (χ3v) is 4.44. The summed E-state index contributed by atoms with van der Waals surface area (Å²) in [5, 5.41) is 8.30. The van der Waals surface area contributed by atoms with Crippen molar-refractivity contribution < 1.29 is 9.53 Å². The second kappa shape index (κ2) is 6.95. The summed E-state index contributed by atoms with van der Waals surface area (Å²) in [5.41, 5.74) is 2.24. The molecule has 1 saturated heterocycles. The van der Waals surface area contributed by atoms with Crippen molar-refractivity contribution in [3.05, 3.63) is 35.9 Å². The summed E-state index contributed by atoms with van der Waals surface area (Å²) in [6, 6.07) is 1.89. The van der Waals surface area contributed by atoms with Gasteiger partial charge in [-0.05, 0) is 30.4 Å². The lowest BCUT2D eigenvalue weighted by Gasteiger charge is -2.31. The van der Waals surface area contributed by atoms with Crippen LogP contribution in [-0.2, 0) is 30.2 Å². The Bertz CT molecular complexity index is 655. The summed E-state index contributed by atoms with van der Waals surface area (Å²) in [6.45, 7) is 2.11. The average molecular weight is 317 g/mol. The van der Waals surface area contributed by atoms with Crippen LogP contribution in [0.3, 0.4) is 0 Å². The molecule has 7 nitrogen and oxygen atoms in total. The molecule has 0 unspecified atom stereocenters. The highest BCUT2D eigenvalue weighted by Crippen LogP contribution is 2.27. The quantitative estimate of drug-likeness (QED) is 0.827. The van der Waals surface area contributed by atoms with E-state index in [9.17, 15) is 4.79 Å². The van der Waals surface area contributed by atoms with Crippen LogP contribution in [0.5, 0.6) is 0 Å². The van der Waals surface area contributed by atoms with Crippen molar-refractivity contribution in [1.82, 2.24) is 24.5 Å². The molecule has 1 aliphatic heterocycles. The highest BCUT2D eigenvalue weighted by molar-refractivity contribution is 5.77. The Hall–Kier alpha value is -2.15. The Labute approximate surface area is 135 Å². The molecule has 23 heavy (non-hydrogen) atoms. The molecular weight excluding hydrogens is 294 g/mol. The number of amides is 1. The van der Waals surface area contributed by atoms with Gasteiger partial charge in [-0.3, -0.25) is 14.2 Å². The minimum atomic E-state index is 0.0665. The second-order valence-corrected chi connectivity index (χ2v) is 6.04. The molecule has 0 aliphatic carbocycles. The van der Waals surface area contributed by atoms with Crippen molar-refractivity contribution in [3.8, 4) is 0 Å². The van der Waals surface area contributed by atoms with Crippen LogP contribution in [0.2, 0.25) is 0 Å². The lowest BCUT2D eigenvalue weighted by Crippen LogP contribution is -2.39. The number of rotatable bonds is 5. The predicted octanol–water partition coefficient (Wildman–Crippen LogP) is 1.08. The van der Waals surface area contributed by atoms with Gasteiger partial charge in [0, 0.05) is 39.6 Å². The zero-order valence-corrected chi connectivity index (χ0v) is 13.7. The van der Waals surface area contributed by atoms with Crippen molar-refractivity contribution in [3.63, 3.8) is 0 Å². The Morgan fingerprint density at radius 1 is 1.30 bits per heavy atom. The molecule has 1 aliphatic rings. The summed E-state index contributed by atoms with van der Waals surface area (Å²) in [5.74, 6) is 0.569. The lowest BCUT2D eigenvalue weighted by molar-refractivity contribution is -0.137. The van der Waals surface area contributed by atoms with E-state index in [1.54, 1.807) is 10.9 Å². The standard InChI is InChI=1S/C16H23N5O2/c1-19-10-14(9-18-19)13-4-7-21(8-5-13)16(22)12-23-11-15-3-6-17-20(15)2/h3,6,9-10,13H,4-5,7-8,11-12H2,1-2H3. The molecule has 2 aromatic heterocycles. The molecule has 1 amide bonds. The van der Waals surface area contributed by atoms with Crippen LogP contribution in [0.1, 0.15) is 30.0 Å². The number of aromatic nitrogens is 4. The first kappa shape index (κ1) is 15.7. The minimum Gasteiger partial charge on any atom is -0.365 e. The Morgan fingerprint density at radius 2 is 2.09 bits per heavy atom. The monoisotopic (exact) mass is 317 g/mol. The largest absolute Gasteiger partial charge is 0.365 e. The number of ether oxygens (including phenoxy) is 1. The first-order valence-electron chi connectivity index (χ1n) is 7.94. The van der Waals surface area contributed by atoms with Gasteiger partial charge in [0.25, 0.3) is 0 Å². The number of likely N-dealkylation sites (tertiary alicyclic amines) is 1. The molecule has 3 rings (SSSR count). The molecule has 0 aromatic carbocycles. The van der Waals surface area contributed by atoms with Gasteiger partial charge in [0.15, 0.2) is 0 Å². The van der Waals surface area contributed by atoms with Crippen molar-refractivity contribution in [1.29, 1.82) is 0 Å². The third-order valence-electron chi connectivity index (χ3n) is 4.44. The van der Waals surface area contributed by atoms with Gasteiger partial charge in [-0.25, -0.2) is 0 Å². The van der Waals surface area contributed by atoms with E-state index >= 15 is 0 Å². The molecule has 3 heterocycles. The van der Waals surface area contributed by atoms with Gasteiger partial charge in [-0.2, -0.15) is 10.2 Å². The first-order chi connectivity index (χ1) is 11.1. The van der Waals surface area contributed by atoms with Crippen LogP contribution < -0.4 is 0 Å².